The van der Waals surface area contributed by atoms with Gasteiger partial charge in [0.15, 0.2) is 18.1 Å². The summed E-state index contributed by atoms with van der Waals surface area (Å²) < 4.78 is 11.6. The Balaban J connectivity index is 1.55. The zero-order valence-electron chi connectivity index (χ0n) is 16.2. The molecular weight excluding hydrogens is 438 g/mol. The Bertz CT molecular complexity index is 890. The SMILES string of the molecule is COc1cc(C(=O)NCC2CCN(c3cccc(Br)c3)C2)ccc1OCC(N)=O. The molecule has 0 aliphatic carbocycles. The van der Waals surface area contributed by atoms with Crippen LogP contribution in [-0.4, -0.2) is 45.2 Å². The van der Waals surface area contributed by atoms with Gasteiger partial charge in [0.2, 0.25) is 0 Å². The first-order chi connectivity index (χ1) is 14.0. The molecule has 154 valence electrons. The third kappa shape index (κ3) is 5.63. The normalized spacial score (nSPS) is 15.8. The van der Waals surface area contributed by atoms with Gasteiger partial charge in [0.05, 0.1) is 7.11 Å². The first-order valence-electron chi connectivity index (χ1n) is 9.34. The highest BCUT2D eigenvalue weighted by atomic mass is 79.9. The average molecular weight is 462 g/mol. The second kappa shape index (κ2) is 9.65. The highest BCUT2D eigenvalue weighted by molar-refractivity contribution is 9.10. The Hall–Kier alpha value is -2.74. The summed E-state index contributed by atoms with van der Waals surface area (Å²) in [5.74, 6) is 0.370. The van der Waals surface area contributed by atoms with Crippen LogP contribution in [0.2, 0.25) is 0 Å². The van der Waals surface area contributed by atoms with Crippen molar-refractivity contribution in [2.45, 2.75) is 6.42 Å². The highest BCUT2D eigenvalue weighted by Crippen LogP contribution is 2.28. The van der Waals surface area contributed by atoms with Crippen molar-refractivity contribution in [2.24, 2.45) is 11.7 Å². The van der Waals surface area contributed by atoms with E-state index in [9.17, 15) is 9.59 Å². The van der Waals surface area contributed by atoms with Gasteiger partial charge in [-0.1, -0.05) is 22.0 Å². The minimum absolute atomic E-state index is 0.175. The largest absolute Gasteiger partial charge is 0.493 e. The van der Waals surface area contributed by atoms with Crippen molar-refractivity contribution in [1.29, 1.82) is 0 Å². The summed E-state index contributed by atoms with van der Waals surface area (Å²) in [6.07, 6.45) is 1.02. The summed E-state index contributed by atoms with van der Waals surface area (Å²) in [5, 5.41) is 3.00. The standard InChI is InChI=1S/C21H24BrN3O4/c1-28-19-9-15(5-6-18(19)29-13-20(23)26)21(27)24-11-14-7-8-25(12-14)17-4-2-3-16(22)10-17/h2-6,9-10,14H,7-8,11-13H2,1H3,(H2,23,26)(H,24,27). The van der Waals surface area contributed by atoms with Gasteiger partial charge >= 0.3 is 0 Å². The molecule has 0 spiro atoms. The van der Waals surface area contributed by atoms with Crippen molar-refractivity contribution in [3.63, 3.8) is 0 Å². The smallest absolute Gasteiger partial charge is 0.255 e. The van der Waals surface area contributed by atoms with Crippen LogP contribution in [0.25, 0.3) is 0 Å². The molecule has 0 saturated carbocycles. The average Bonchev–Trinajstić information content (AvgIpc) is 3.19. The van der Waals surface area contributed by atoms with Crippen LogP contribution >= 0.6 is 15.9 Å². The van der Waals surface area contributed by atoms with E-state index in [0.717, 1.165) is 24.0 Å². The number of anilines is 1. The number of amides is 2. The topological polar surface area (TPSA) is 93.9 Å². The first kappa shape index (κ1) is 21.0. The van der Waals surface area contributed by atoms with Crippen molar-refractivity contribution in [3.05, 3.63) is 52.5 Å². The van der Waals surface area contributed by atoms with Gasteiger partial charge in [-0.25, -0.2) is 0 Å². The van der Waals surface area contributed by atoms with Crippen molar-refractivity contribution in [2.75, 3.05) is 38.3 Å². The zero-order valence-corrected chi connectivity index (χ0v) is 17.8. The summed E-state index contributed by atoms with van der Waals surface area (Å²) in [4.78, 5) is 25.7. The number of nitrogens with two attached hydrogens (primary N) is 1. The molecular formula is C21H24BrN3O4. The number of hydrogen-bond acceptors (Lipinski definition) is 5. The van der Waals surface area contributed by atoms with Crippen LogP contribution in [0.4, 0.5) is 5.69 Å². The van der Waals surface area contributed by atoms with Gasteiger partial charge in [-0.05, 0) is 48.7 Å². The second-order valence-electron chi connectivity index (χ2n) is 6.91. The molecule has 29 heavy (non-hydrogen) atoms. The molecule has 0 bridgehead atoms. The molecule has 8 heteroatoms. The quantitative estimate of drug-likeness (QED) is 0.629. The summed E-state index contributed by atoms with van der Waals surface area (Å²) in [5.41, 5.74) is 6.74. The van der Waals surface area contributed by atoms with Crippen LogP contribution in [0.1, 0.15) is 16.8 Å². The number of primary amides is 1. The number of ether oxygens (including phenoxy) is 2. The molecule has 1 atom stereocenters. The van der Waals surface area contributed by atoms with E-state index < -0.39 is 5.91 Å². The number of halogens is 1. The fourth-order valence-corrected chi connectivity index (χ4v) is 3.71. The number of nitrogens with zero attached hydrogens (tertiary/aromatic N) is 1. The maximum absolute atomic E-state index is 12.5. The van der Waals surface area contributed by atoms with Crippen LogP contribution in [0.15, 0.2) is 46.9 Å². The van der Waals surface area contributed by atoms with Crippen LogP contribution < -0.4 is 25.4 Å². The van der Waals surface area contributed by atoms with E-state index in [1.165, 1.54) is 12.8 Å². The molecule has 1 heterocycles. The Morgan fingerprint density at radius 3 is 2.79 bits per heavy atom. The van der Waals surface area contributed by atoms with E-state index in [2.05, 4.69) is 38.3 Å². The van der Waals surface area contributed by atoms with E-state index in [0.29, 0.717) is 29.5 Å². The van der Waals surface area contributed by atoms with Gasteiger partial charge in [0, 0.05) is 35.4 Å². The molecule has 7 nitrogen and oxygen atoms in total. The molecule has 1 fully saturated rings. The zero-order chi connectivity index (χ0) is 20.8. The van der Waals surface area contributed by atoms with Crippen LogP contribution in [-0.2, 0) is 4.79 Å². The lowest BCUT2D eigenvalue weighted by molar-refractivity contribution is -0.119. The molecule has 3 rings (SSSR count). The summed E-state index contributed by atoms with van der Waals surface area (Å²) >= 11 is 3.51. The van der Waals surface area contributed by atoms with Crippen molar-refractivity contribution in [1.82, 2.24) is 5.32 Å². The predicted octanol–water partition coefficient (Wildman–Crippen LogP) is 2.58. The molecule has 1 saturated heterocycles. The van der Waals surface area contributed by atoms with Gasteiger partial charge in [0.1, 0.15) is 0 Å². The van der Waals surface area contributed by atoms with Crippen molar-refractivity contribution < 1.29 is 19.1 Å². The Morgan fingerprint density at radius 2 is 2.07 bits per heavy atom. The van der Waals surface area contributed by atoms with Crippen LogP contribution in [0.5, 0.6) is 11.5 Å². The van der Waals surface area contributed by atoms with E-state index in [1.807, 2.05) is 12.1 Å². The number of carbonyl (C=O) groups is 2. The fraction of sp³-hybridized carbons (Fsp3) is 0.333. The minimum atomic E-state index is -0.581. The van der Waals surface area contributed by atoms with Crippen molar-refractivity contribution in [3.8, 4) is 11.5 Å². The number of carbonyl (C=O) groups excluding carboxylic acids is 2. The van der Waals surface area contributed by atoms with Crippen LogP contribution in [0.3, 0.4) is 0 Å². The first-order valence-corrected chi connectivity index (χ1v) is 10.1. The number of hydrogen-bond donors (Lipinski definition) is 2. The van der Waals surface area contributed by atoms with Crippen LogP contribution in [0, 0.1) is 5.92 Å². The summed E-state index contributed by atoms with van der Waals surface area (Å²) in [6, 6.07) is 13.1. The molecule has 3 N–H and O–H groups in total. The third-order valence-electron chi connectivity index (χ3n) is 4.81. The number of methoxy groups -OCH3 is 1. The van der Waals surface area contributed by atoms with Gasteiger partial charge < -0.3 is 25.4 Å². The van der Waals surface area contributed by atoms with Gasteiger partial charge in [-0.2, -0.15) is 0 Å². The van der Waals surface area contributed by atoms with E-state index in [-0.39, 0.29) is 12.5 Å². The number of benzene rings is 2. The Labute approximate surface area is 178 Å². The predicted molar refractivity (Wildman–Crippen MR) is 114 cm³/mol. The number of nitrogens with one attached hydrogen (secondary N) is 1. The van der Waals surface area contributed by atoms with Gasteiger partial charge in [0.25, 0.3) is 11.8 Å². The maximum atomic E-state index is 12.5. The van der Waals surface area contributed by atoms with E-state index in [1.54, 1.807) is 18.2 Å². The van der Waals surface area contributed by atoms with Gasteiger partial charge in [-0.3, -0.25) is 9.59 Å². The van der Waals surface area contributed by atoms with Crippen molar-refractivity contribution >= 4 is 33.4 Å². The summed E-state index contributed by atoms with van der Waals surface area (Å²) in [6.45, 7) is 2.22. The molecule has 1 unspecified atom stereocenters. The monoisotopic (exact) mass is 461 g/mol. The molecule has 0 radical (unpaired) electrons. The highest BCUT2D eigenvalue weighted by Gasteiger charge is 2.23. The lowest BCUT2D eigenvalue weighted by Gasteiger charge is -2.19. The second-order valence-corrected chi connectivity index (χ2v) is 7.83. The van der Waals surface area contributed by atoms with E-state index in [4.69, 9.17) is 15.2 Å². The Morgan fingerprint density at radius 1 is 1.24 bits per heavy atom. The molecule has 2 aromatic carbocycles. The number of rotatable bonds is 8. The van der Waals surface area contributed by atoms with Gasteiger partial charge in [-0.15, -0.1) is 0 Å². The summed E-state index contributed by atoms with van der Waals surface area (Å²) in [7, 11) is 1.48. The molecule has 1 aliphatic heterocycles. The maximum Gasteiger partial charge on any atom is 0.255 e. The molecule has 1 aliphatic rings. The fourth-order valence-electron chi connectivity index (χ4n) is 3.32. The molecule has 2 amide bonds. The molecule has 0 aromatic heterocycles. The third-order valence-corrected chi connectivity index (χ3v) is 5.30. The minimum Gasteiger partial charge on any atom is -0.493 e. The Kier molecular flexibility index (Phi) is 6.98. The van der Waals surface area contributed by atoms with E-state index >= 15 is 0 Å². The lowest BCUT2D eigenvalue weighted by atomic mass is 10.1. The lowest BCUT2D eigenvalue weighted by Crippen LogP contribution is -2.31. The molecule has 2 aromatic rings.